The minimum absolute atomic E-state index is 0.0580. The van der Waals surface area contributed by atoms with Crippen LogP contribution in [0, 0.1) is 23.6 Å². The van der Waals surface area contributed by atoms with Crippen LogP contribution < -0.4 is 10.5 Å². The van der Waals surface area contributed by atoms with Crippen molar-refractivity contribution in [2.45, 2.75) is 25.5 Å². The van der Waals surface area contributed by atoms with E-state index < -0.39 is 11.5 Å². The van der Waals surface area contributed by atoms with Gasteiger partial charge in [-0.05, 0) is 67.9 Å². The van der Waals surface area contributed by atoms with E-state index in [4.69, 9.17) is 10.5 Å². The molecule has 200 valence electrons. The molecule has 0 bridgehead atoms. The highest BCUT2D eigenvalue weighted by Crippen LogP contribution is 2.48. The van der Waals surface area contributed by atoms with Gasteiger partial charge in [-0.3, -0.25) is 9.48 Å². The molecule has 0 radical (unpaired) electrons. The average Bonchev–Trinajstić information content (AvgIpc) is 3.21. The van der Waals surface area contributed by atoms with E-state index >= 15 is 0 Å². The third kappa shape index (κ3) is 4.87. The van der Waals surface area contributed by atoms with Crippen molar-refractivity contribution in [3.63, 3.8) is 0 Å². The molecule has 1 aliphatic heterocycles. The minimum Gasteiger partial charge on any atom is -0.474 e. The second kappa shape index (κ2) is 9.23. The SMILES string of the molecule is Cn1nc(-c2cccc(F)n2)cc1C(=O)N1C[C@@H]2C(Oc3cc(C(C)(C)N)cc(-c4ccc(F)cc4)n3)[C@@H]2C1. The molecule has 4 aromatic rings. The number of aryl methyl sites for hydroxylation is 1. The van der Waals surface area contributed by atoms with Gasteiger partial charge in [0, 0.05) is 49.1 Å². The number of carbonyl (C=O) groups is 1. The quantitative estimate of drug-likeness (QED) is 0.376. The maximum absolute atomic E-state index is 13.6. The molecular weight excluding hydrogens is 502 g/mol. The lowest BCUT2D eigenvalue weighted by molar-refractivity contribution is 0.0740. The van der Waals surface area contributed by atoms with Crippen LogP contribution in [0.15, 0.2) is 60.7 Å². The number of pyridine rings is 2. The van der Waals surface area contributed by atoms with Crippen LogP contribution in [0.2, 0.25) is 0 Å². The number of benzene rings is 1. The van der Waals surface area contributed by atoms with E-state index in [0.717, 1.165) is 11.1 Å². The molecule has 2 fully saturated rings. The zero-order valence-electron chi connectivity index (χ0n) is 21.8. The van der Waals surface area contributed by atoms with Crippen LogP contribution >= 0.6 is 0 Å². The lowest BCUT2D eigenvalue weighted by atomic mass is 9.95. The van der Waals surface area contributed by atoms with Crippen LogP contribution in [-0.2, 0) is 12.6 Å². The smallest absolute Gasteiger partial charge is 0.272 e. The maximum atomic E-state index is 13.6. The first kappa shape index (κ1) is 25.1. The normalized spacial score (nSPS) is 20.2. The number of piperidine rings is 1. The predicted molar refractivity (Wildman–Crippen MR) is 141 cm³/mol. The second-order valence-corrected chi connectivity index (χ2v) is 10.8. The van der Waals surface area contributed by atoms with Crippen molar-refractivity contribution in [1.29, 1.82) is 0 Å². The molecule has 1 saturated carbocycles. The van der Waals surface area contributed by atoms with E-state index in [1.54, 1.807) is 42.3 Å². The minimum atomic E-state index is -0.624. The molecule has 1 unspecified atom stereocenters. The first-order chi connectivity index (χ1) is 18.6. The maximum Gasteiger partial charge on any atom is 0.272 e. The van der Waals surface area contributed by atoms with Gasteiger partial charge in [-0.25, -0.2) is 14.4 Å². The van der Waals surface area contributed by atoms with E-state index in [0.29, 0.717) is 41.7 Å². The number of likely N-dealkylation sites (tertiary alicyclic amines) is 1. The van der Waals surface area contributed by atoms with Crippen LogP contribution in [0.3, 0.4) is 0 Å². The molecule has 10 heteroatoms. The topological polar surface area (TPSA) is 99.2 Å². The molecule has 0 spiro atoms. The highest BCUT2D eigenvalue weighted by Gasteiger charge is 2.59. The average molecular weight is 531 g/mol. The fraction of sp³-hybridized carbons (Fsp3) is 0.310. The Balaban J connectivity index is 1.16. The van der Waals surface area contributed by atoms with Crippen molar-refractivity contribution in [2.75, 3.05) is 13.1 Å². The molecule has 1 saturated heterocycles. The number of nitrogens with zero attached hydrogens (tertiary/aromatic N) is 5. The highest BCUT2D eigenvalue weighted by atomic mass is 19.1. The van der Waals surface area contributed by atoms with Crippen molar-refractivity contribution in [2.24, 2.45) is 24.6 Å². The van der Waals surface area contributed by atoms with Crippen LogP contribution in [0.4, 0.5) is 8.78 Å². The third-order valence-corrected chi connectivity index (χ3v) is 7.42. The Labute approximate surface area is 224 Å². The number of carbonyl (C=O) groups excluding carboxylic acids is 1. The van der Waals surface area contributed by atoms with Gasteiger partial charge in [-0.2, -0.15) is 9.49 Å². The third-order valence-electron chi connectivity index (χ3n) is 7.42. The number of fused-ring (bicyclic) bond motifs is 1. The molecule has 3 atom stereocenters. The van der Waals surface area contributed by atoms with Crippen LogP contribution in [0.1, 0.15) is 29.9 Å². The Kier molecular flexibility index (Phi) is 5.95. The van der Waals surface area contributed by atoms with E-state index in [1.807, 2.05) is 26.0 Å². The molecule has 1 aromatic carbocycles. The molecule has 3 aromatic heterocycles. The molecule has 8 nitrogen and oxygen atoms in total. The fourth-order valence-electron chi connectivity index (χ4n) is 5.16. The summed E-state index contributed by atoms with van der Waals surface area (Å²) in [6, 6.07) is 16.0. The van der Waals surface area contributed by atoms with Crippen molar-refractivity contribution in [3.8, 4) is 28.5 Å². The zero-order valence-corrected chi connectivity index (χ0v) is 21.8. The fourth-order valence-corrected chi connectivity index (χ4v) is 5.16. The van der Waals surface area contributed by atoms with Gasteiger partial charge >= 0.3 is 0 Å². The van der Waals surface area contributed by atoms with Gasteiger partial charge in [0.25, 0.3) is 5.91 Å². The van der Waals surface area contributed by atoms with Gasteiger partial charge in [-0.15, -0.1) is 0 Å². The number of rotatable bonds is 6. The molecule has 2 N–H and O–H groups in total. The number of hydrogen-bond acceptors (Lipinski definition) is 6. The van der Waals surface area contributed by atoms with Gasteiger partial charge in [0.1, 0.15) is 23.3 Å². The van der Waals surface area contributed by atoms with Crippen LogP contribution in [0.25, 0.3) is 22.6 Å². The molecule has 2 aliphatic rings. The summed E-state index contributed by atoms with van der Waals surface area (Å²) in [5.74, 6) is -0.210. The Morgan fingerprint density at radius 1 is 0.974 bits per heavy atom. The van der Waals surface area contributed by atoms with Gasteiger partial charge in [0.2, 0.25) is 11.8 Å². The molecule has 1 aliphatic carbocycles. The Hall–Kier alpha value is -4.18. The molecule has 39 heavy (non-hydrogen) atoms. The van der Waals surface area contributed by atoms with E-state index in [9.17, 15) is 13.6 Å². The van der Waals surface area contributed by atoms with Crippen molar-refractivity contribution in [1.82, 2.24) is 24.6 Å². The molecule has 6 rings (SSSR count). The van der Waals surface area contributed by atoms with Crippen LogP contribution in [-0.4, -0.2) is 49.7 Å². The monoisotopic (exact) mass is 530 g/mol. The van der Waals surface area contributed by atoms with E-state index in [-0.39, 0.29) is 29.7 Å². The Morgan fingerprint density at radius 3 is 2.36 bits per heavy atom. The number of aromatic nitrogens is 4. The summed E-state index contributed by atoms with van der Waals surface area (Å²) >= 11 is 0. The van der Waals surface area contributed by atoms with E-state index in [1.165, 1.54) is 22.9 Å². The standard InChI is InChI=1S/C29H28F2N6O2/c1-29(2,32)17-11-22(16-7-9-18(30)10-8-16)34-26(12-17)39-27-19-14-37(15-20(19)27)28(38)24-13-23(35-36(24)3)21-5-4-6-25(31)33-21/h4-13,19-20,27H,14-15,32H2,1-3H3/t19-,20+,27?. The lowest BCUT2D eigenvalue weighted by Crippen LogP contribution is -2.34. The summed E-state index contributed by atoms with van der Waals surface area (Å²) in [6.07, 6.45) is -0.0580. The molecule has 1 amide bonds. The number of nitrogens with two attached hydrogens (primary N) is 1. The summed E-state index contributed by atoms with van der Waals surface area (Å²) in [5.41, 5.74) is 9.27. The summed E-state index contributed by atoms with van der Waals surface area (Å²) < 4.78 is 34.8. The number of hydrogen-bond donors (Lipinski definition) is 1. The summed E-state index contributed by atoms with van der Waals surface area (Å²) in [6.45, 7) is 4.92. The first-order valence-electron chi connectivity index (χ1n) is 12.8. The number of ether oxygens (including phenoxy) is 1. The van der Waals surface area contributed by atoms with Gasteiger partial charge in [-0.1, -0.05) is 6.07 Å². The number of amides is 1. The largest absolute Gasteiger partial charge is 0.474 e. The van der Waals surface area contributed by atoms with Gasteiger partial charge < -0.3 is 15.4 Å². The molecule has 4 heterocycles. The summed E-state index contributed by atoms with van der Waals surface area (Å²) in [7, 11) is 1.69. The lowest BCUT2D eigenvalue weighted by Gasteiger charge is -2.22. The van der Waals surface area contributed by atoms with E-state index in [2.05, 4.69) is 15.1 Å². The Bertz CT molecular complexity index is 1550. The second-order valence-electron chi connectivity index (χ2n) is 10.8. The highest BCUT2D eigenvalue weighted by molar-refractivity contribution is 5.94. The van der Waals surface area contributed by atoms with Crippen molar-refractivity contribution >= 4 is 5.91 Å². The van der Waals surface area contributed by atoms with Crippen molar-refractivity contribution < 1.29 is 18.3 Å². The summed E-state index contributed by atoms with van der Waals surface area (Å²) in [5, 5.41) is 4.36. The number of halogens is 2. The molecular formula is C29H28F2N6O2. The van der Waals surface area contributed by atoms with Crippen molar-refractivity contribution in [3.05, 3.63) is 83.7 Å². The predicted octanol–water partition coefficient (Wildman–Crippen LogP) is 4.17. The summed E-state index contributed by atoms with van der Waals surface area (Å²) in [4.78, 5) is 23.6. The first-order valence-corrected chi connectivity index (χ1v) is 12.8. The zero-order chi connectivity index (χ0) is 27.5. The van der Waals surface area contributed by atoms with Gasteiger partial charge in [0.05, 0.1) is 11.4 Å². The Morgan fingerprint density at radius 2 is 1.69 bits per heavy atom. The van der Waals surface area contributed by atoms with Crippen LogP contribution in [0.5, 0.6) is 5.88 Å². The van der Waals surface area contributed by atoms with Gasteiger partial charge in [0.15, 0.2) is 0 Å².